The minimum Gasteiger partial charge on any atom is -0.490 e. The van der Waals surface area contributed by atoms with Gasteiger partial charge in [-0.1, -0.05) is 41.5 Å². The summed E-state index contributed by atoms with van der Waals surface area (Å²) in [5.41, 5.74) is 5.31. The number of carbonyl (C=O) groups excluding carboxylic acids is 2. The Morgan fingerprint density at radius 2 is 1.84 bits per heavy atom. The number of aliphatic hydroxyl groups is 1. The van der Waals surface area contributed by atoms with Crippen LogP contribution in [0.2, 0.25) is 0 Å². The molecule has 0 bridgehead atoms. The number of hydrogen-bond donors (Lipinski definition) is 4. The lowest BCUT2D eigenvalue weighted by atomic mass is 10.1. The van der Waals surface area contributed by atoms with Crippen molar-refractivity contribution in [2.24, 2.45) is 5.73 Å². The maximum atomic E-state index is 13.0. The standard InChI is InChI=1S/C26H25F3N3O10P/c1-13(24(35)36)31-43(38)42-18-9-3-6-15-16(18)7-2-8-17(15)39-12-19-20(33)21(41-25(37)26(27,28)29)23(40-19)32-10-4-5-14(11-32)22(30)34/h2-9,11,13,19-21,23,33H,10,12H2,1H3,(H3-,30,31,34,35,36,38)/p+1/t13-,19?,20-,21+,23+/m0/s1. The lowest BCUT2D eigenvalue weighted by Gasteiger charge is -2.32. The quantitative estimate of drug-likeness (QED) is 0.210. The van der Waals surface area contributed by atoms with Gasteiger partial charge in [-0.3, -0.25) is 9.59 Å². The summed E-state index contributed by atoms with van der Waals surface area (Å²) in [6, 6.07) is 8.30. The van der Waals surface area contributed by atoms with E-state index in [0.717, 1.165) is 0 Å². The average molecular weight is 628 g/mol. The number of halogens is 3. The number of nitrogens with two attached hydrogens (primary N) is 1. The van der Waals surface area contributed by atoms with Gasteiger partial charge in [-0.2, -0.15) is 13.2 Å². The topological polar surface area (TPSA) is 187 Å². The highest BCUT2D eigenvalue weighted by atomic mass is 31.1. The van der Waals surface area contributed by atoms with E-state index in [1.807, 2.05) is 0 Å². The van der Waals surface area contributed by atoms with Crippen molar-refractivity contribution in [2.75, 3.05) is 13.2 Å². The maximum Gasteiger partial charge on any atom is 0.664 e. The van der Waals surface area contributed by atoms with E-state index in [1.165, 1.54) is 36.2 Å². The molecular weight excluding hydrogens is 602 g/mol. The van der Waals surface area contributed by atoms with Gasteiger partial charge >= 0.3 is 26.3 Å². The molecule has 230 valence electrons. The van der Waals surface area contributed by atoms with Gasteiger partial charge in [-0.05, 0) is 19.1 Å². The summed E-state index contributed by atoms with van der Waals surface area (Å²) in [6.07, 6.45) is -7.54. The van der Waals surface area contributed by atoms with Crippen LogP contribution in [-0.2, 0) is 28.4 Å². The molecule has 1 amide bonds. The second-order valence-electron chi connectivity index (χ2n) is 9.43. The van der Waals surface area contributed by atoms with Gasteiger partial charge in [0.15, 0.2) is 18.1 Å². The third-order valence-corrected chi connectivity index (χ3v) is 7.37. The molecule has 2 heterocycles. The monoisotopic (exact) mass is 628 g/mol. The zero-order valence-corrected chi connectivity index (χ0v) is 23.2. The van der Waals surface area contributed by atoms with Crippen molar-refractivity contribution in [3.63, 3.8) is 0 Å². The molecular formula is C26H26F3N3O10P+. The highest BCUT2D eigenvalue weighted by Crippen LogP contribution is 2.37. The molecule has 1 saturated heterocycles. The SMILES string of the molecule is C[C@H](N[P+](=O)Oc1cccc2c(OCC3O[C@@H](N4C=C(C(N)=O)C=CC4)[C@H](OC(=O)C(F)(F)F)[C@H]3O)cccc12)C(=O)O. The van der Waals surface area contributed by atoms with Crippen LogP contribution in [0.25, 0.3) is 10.8 Å². The van der Waals surface area contributed by atoms with Gasteiger partial charge in [-0.25, -0.2) is 9.32 Å². The zero-order chi connectivity index (χ0) is 31.5. The van der Waals surface area contributed by atoms with Gasteiger partial charge in [0.25, 0.3) is 0 Å². The van der Waals surface area contributed by atoms with E-state index < -0.39 is 69.4 Å². The van der Waals surface area contributed by atoms with Gasteiger partial charge in [0.1, 0.15) is 30.6 Å². The molecule has 2 aromatic rings. The summed E-state index contributed by atoms with van der Waals surface area (Å²) < 4.78 is 73.0. The zero-order valence-electron chi connectivity index (χ0n) is 22.3. The fourth-order valence-corrected chi connectivity index (χ4v) is 5.12. The predicted molar refractivity (Wildman–Crippen MR) is 142 cm³/mol. The van der Waals surface area contributed by atoms with Crippen molar-refractivity contribution in [2.45, 2.75) is 43.7 Å². The molecule has 6 atom stereocenters. The molecule has 2 aliphatic heterocycles. The van der Waals surface area contributed by atoms with Crippen LogP contribution < -0.4 is 20.1 Å². The number of primary amides is 1. The van der Waals surface area contributed by atoms with Crippen molar-refractivity contribution in [1.82, 2.24) is 9.99 Å². The molecule has 2 unspecified atom stereocenters. The largest absolute Gasteiger partial charge is 0.664 e. The molecule has 5 N–H and O–H groups in total. The number of hydrogen-bond acceptors (Lipinski definition) is 10. The fraction of sp³-hybridized carbons (Fsp3) is 0.346. The molecule has 0 radical (unpaired) electrons. The smallest absolute Gasteiger partial charge is 0.490 e. The molecule has 0 aromatic heterocycles. The first kappa shape index (κ1) is 31.7. The van der Waals surface area contributed by atoms with Gasteiger partial charge in [0.2, 0.25) is 5.91 Å². The minimum absolute atomic E-state index is 0.00748. The van der Waals surface area contributed by atoms with Crippen LogP contribution in [0.15, 0.2) is 60.3 Å². The van der Waals surface area contributed by atoms with E-state index in [1.54, 1.807) is 30.3 Å². The van der Waals surface area contributed by atoms with Gasteiger partial charge < -0.3 is 35.1 Å². The number of esters is 1. The van der Waals surface area contributed by atoms with Crippen LogP contribution in [-0.4, -0.2) is 82.9 Å². The van der Waals surface area contributed by atoms with Crippen molar-refractivity contribution in [1.29, 1.82) is 0 Å². The lowest BCUT2D eigenvalue weighted by Crippen LogP contribution is -2.47. The number of amides is 1. The third kappa shape index (κ3) is 7.40. The Bertz CT molecular complexity index is 1480. The molecule has 0 saturated carbocycles. The van der Waals surface area contributed by atoms with Crippen LogP contribution in [0.3, 0.4) is 0 Å². The molecule has 0 spiro atoms. The molecule has 17 heteroatoms. The second kappa shape index (κ2) is 13.0. The second-order valence-corrected chi connectivity index (χ2v) is 10.4. The number of carboxylic acids is 1. The average Bonchev–Trinajstić information content (AvgIpc) is 3.26. The summed E-state index contributed by atoms with van der Waals surface area (Å²) in [6.45, 7) is 0.918. The van der Waals surface area contributed by atoms with E-state index in [0.29, 0.717) is 10.8 Å². The Balaban J connectivity index is 1.54. The number of aliphatic hydroxyl groups excluding tert-OH is 1. The summed E-state index contributed by atoms with van der Waals surface area (Å²) in [7, 11) is -2.61. The number of aliphatic carboxylic acids is 1. The summed E-state index contributed by atoms with van der Waals surface area (Å²) in [4.78, 5) is 35.6. The molecule has 0 aliphatic carbocycles. The highest BCUT2D eigenvalue weighted by Gasteiger charge is 2.52. The molecule has 4 rings (SSSR count). The number of rotatable bonds is 11. The normalized spacial score (nSPS) is 23.0. The van der Waals surface area contributed by atoms with Crippen LogP contribution in [0.5, 0.6) is 11.5 Å². The number of benzene rings is 2. The molecule has 1 fully saturated rings. The summed E-state index contributed by atoms with van der Waals surface area (Å²) in [5, 5.41) is 23.1. The maximum absolute atomic E-state index is 13.0. The van der Waals surface area contributed by atoms with Crippen molar-refractivity contribution in [3.8, 4) is 11.5 Å². The Morgan fingerprint density at radius 3 is 2.47 bits per heavy atom. The fourth-order valence-electron chi connectivity index (χ4n) is 4.30. The third-order valence-electron chi connectivity index (χ3n) is 6.41. The molecule has 2 aromatic carbocycles. The van der Waals surface area contributed by atoms with Crippen LogP contribution in [0, 0.1) is 0 Å². The van der Waals surface area contributed by atoms with Gasteiger partial charge in [-0.15, -0.1) is 0 Å². The Kier molecular flexibility index (Phi) is 9.55. The molecule has 13 nitrogen and oxygen atoms in total. The van der Waals surface area contributed by atoms with Gasteiger partial charge in [0, 0.05) is 28.1 Å². The summed E-state index contributed by atoms with van der Waals surface area (Å²) >= 11 is 0. The van der Waals surface area contributed by atoms with Crippen LogP contribution in [0.1, 0.15) is 6.92 Å². The summed E-state index contributed by atoms with van der Waals surface area (Å²) in [5.74, 6) is -4.22. The minimum atomic E-state index is -5.34. The number of carbonyl (C=O) groups is 3. The number of alkyl halides is 3. The number of carboxylic acid groups (broad SMARTS) is 1. The number of ether oxygens (including phenoxy) is 3. The first-order valence-electron chi connectivity index (χ1n) is 12.6. The van der Waals surface area contributed by atoms with Crippen LogP contribution in [0.4, 0.5) is 13.2 Å². The Morgan fingerprint density at radius 1 is 1.19 bits per heavy atom. The van der Waals surface area contributed by atoms with Crippen molar-refractivity contribution >= 4 is 36.8 Å². The van der Waals surface area contributed by atoms with E-state index in [2.05, 4.69) is 9.82 Å². The number of fused-ring (bicyclic) bond motifs is 1. The number of nitrogens with one attached hydrogen (secondary N) is 1. The predicted octanol–water partition coefficient (Wildman–Crippen LogP) is 2.12. The van der Waals surface area contributed by atoms with E-state index in [9.17, 15) is 37.2 Å². The van der Waals surface area contributed by atoms with Crippen molar-refractivity contribution in [3.05, 3.63) is 60.3 Å². The van der Waals surface area contributed by atoms with E-state index >= 15 is 0 Å². The Labute approximate surface area is 242 Å². The van der Waals surface area contributed by atoms with E-state index in [4.69, 9.17) is 24.8 Å². The van der Waals surface area contributed by atoms with Crippen molar-refractivity contribution < 1.29 is 61.1 Å². The number of nitrogens with zero attached hydrogens (tertiary/aromatic N) is 1. The first-order chi connectivity index (χ1) is 20.3. The van der Waals surface area contributed by atoms with Gasteiger partial charge in [0.05, 0.1) is 5.57 Å². The molecule has 43 heavy (non-hydrogen) atoms. The first-order valence-corrected chi connectivity index (χ1v) is 13.8. The Hall–Kier alpha value is -4.24. The van der Waals surface area contributed by atoms with Crippen LogP contribution >= 0.6 is 8.18 Å². The molecule has 2 aliphatic rings. The van der Waals surface area contributed by atoms with E-state index in [-0.39, 0.29) is 23.6 Å². The highest BCUT2D eigenvalue weighted by molar-refractivity contribution is 7.37. The lowest BCUT2D eigenvalue weighted by molar-refractivity contribution is -0.212.